The van der Waals surface area contributed by atoms with E-state index in [1.165, 1.54) is 18.4 Å². The van der Waals surface area contributed by atoms with Gasteiger partial charge in [-0.2, -0.15) is 15.0 Å². The summed E-state index contributed by atoms with van der Waals surface area (Å²) in [5, 5.41) is 23.0. The Morgan fingerprint density at radius 3 is 2.65 bits per heavy atom. The second kappa shape index (κ2) is 6.91. The second-order valence-corrected chi connectivity index (χ2v) is 5.41. The highest BCUT2D eigenvalue weighted by atomic mass is 16.4. The summed E-state index contributed by atoms with van der Waals surface area (Å²) < 4.78 is 6.09. The quantitative estimate of drug-likeness (QED) is 0.777. The molecule has 0 unspecified atom stereocenters. The van der Waals surface area contributed by atoms with E-state index in [0.717, 1.165) is 10.2 Å². The first-order valence-corrected chi connectivity index (χ1v) is 7.61. The molecule has 0 fully saturated rings. The van der Waals surface area contributed by atoms with Crippen LogP contribution in [0.4, 0.5) is 0 Å². The average molecular weight is 347 g/mol. The number of aryl methyl sites for hydroxylation is 1. The van der Waals surface area contributed by atoms with E-state index in [1.54, 1.807) is 49.4 Å². The van der Waals surface area contributed by atoms with Crippen LogP contribution in [0.3, 0.4) is 0 Å². The fraction of sp³-hybridized carbons (Fsp3) is 0.0526. The Hall–Kier alpha value is -3.92. The third-order valence-electron chi connectivity index (χ3n) is 3.75. The van der Waals surface area contributed by atoms with Crippen LogP contribution < -0.4 is 5.56 Å². The topological polar surface area (TPSA) is 109 Å². The summed E-state index contributed by atoms with van der Waals surface area (Å²) in [6.07, 6.45) is 4.27. The number of para-hydroxylation sites is 1. The molecule has 2 heterocycles. The Balaban J connectivity index is 2.28. The van der Waals surface area contributed by atoms with Crippen LogP contribution in [-0.2, 0) is 0 Å². The van der Waals surface area contributed by atoms with Crippen molar-refractivity contribution in [3.63, 3.8) is 0 Å². The first-order valence-electron chi connectivity index (χ1n) is 7.61. The number of carboxylic acid groups (broad SMARTS) is 1. The fourth-order valence-electron chi connectivity index (χ4n) is 2.48. The van der Waals surface area contributed by atoms with Gasteiger partial charge in [0.15, 0.2) is 5.69 Å². The third-order valence-corrected chi connectivity index (χ3v) is 3.75. The Bertz CT molecular complexity index is 1100. The first kappa shape index (κ1) is 16.9. The predicted octanol–water partition coefficient (Wildman–Crippen LogP) is 2.87. The van der Waals surface area contributed by atoms with E-state index in [9.17, 15) is 20.0 Å². The number of aromatic carboxylic acids is 1. The van der Waals surface area contributed by atoms with Gasteiger partial charge in [-0.1, -0.05) is 18.2 Å². The molecule has 2 aromatic heterocycles. The lowest BCUT2D eigenvalue weighted by Crippen LogP contribution is -2.28. The maximum atomic E-state index is 12.7. The number of nitrogens with zero attached hydrogens (tertiary/aromatic N) is 3. The molecule has 1 aromatic carbocycles. The van der Waals surface area contributed by atoms with Crippen molar-refractivity contribution in [2.24, 2.45) is 0 Å². The molecule has 26 heavy (non-hydrogen) atoms. The molecule has 0 atom stereocenters. The number of benzene rings is 1. The van der Waals surface area contributed by atoms with Crippen molar-refractivity contribution < 1.29 is 14.3 Å². The number of nitriles is 1. The number of carbonyl (C=O) groups is 1. The summed E-state index contributed by atoms with van der Waals surface area (Å²) >= 11 is 0. The van der Waals surface area contributed by atoms with Crippen LogP contribution in [0.1, 0.15) is 32.9 Å². The zero-order valence-corrected chi connectivity index (χ0v) is 13.7. The van der Waals surface area contributed by atoms with Crippen molar-refractivity contribution >= 4 is 18.1 Å². The SMILES string of the molecule is Cc1ccccc1-n1nc(C(=O)O)c(/C=C/c2ccco2)c(C#N)c1=O. The Labute approximate surface area is 148 Å². The van der Waals surface area contributed by atoms with Crippen LogP contribution in [0.5, 0.6) is 0 Å². The zero-order chi connectivity index (χ0) is 18.7. The Morgan fingerprint density at radius 1 is 1.27 bits per heavy atom. The molecular formula is C19H13N3O4. The molecule has 0 aliphatic rings. The standard InChI is InChI=1S/C19H13N3O4/c1-12-5-2-3-7-16(12)22-18(23)15(11-20)14(17(21-22)19(24)25)9-8-13-6-4-10-26-13/h2-10H,1H3,(H,24,25)/b9-8+. The molecule has 7 nitrogen and oxygen atoms in total. The van der Waals surface area contributed by atoms with Crippen molar-refractivity contribution in [2.75, 3.05) is 0 Å². The number of hydrogen-bond donors (Lipinski definition) is 1. The minimum absolute atomic E-state index is 0.0637. The van der Waals surface area contributed by atoms with Gasteiger partial charge in [0.2, 0.25) is 0 Å². The van der Waals surface area contributed by atoms with E-state index >= 15 is 0 Å². The highest BCUT2D eigenvalue weighted by molar-refractivity contribution is 5.92. The van der Waals surface area contributed by atoms with Gasteiger partial charge in [-0.15, -0.1) is 0 Å². The number of rotatable bonds is 4. The van der Waals surface area contributed by atoms with Crippen molar-refractivity contribution in [1.82, 2.24) is 9.78 Å². The molecule has 0 spiro atoms. The lowest BCUT2D eigenvalue weighted by Gasteiger charge is -2.11. The molecule has 3 aromatic rings. The highest BCUT2D eigenvalue weighted by Gasteiger charge is 2.21. The first-order chi connectivity index (χ1) is 12.5. The van der Waals surface area contributed by atoms with Gasteiger partial charge in [0, 0.05) is 5.56 Å². The van der Waals surface area contributed by atoms with E-state index in [2.05, 4.69) is 5.10 Å². The molecule has 0 aliphatic heterocycles. The summed E-state index contributed by atoms with van der Waals surface area (Å²) in [5.74, 6) is -0.892. The number of hydrogen-bond acceptors (Lipinski definition) is 5. The number of aromatic nitrogens is 2. The number of furan rings is 1. The molecule has 3 rings (SSSR count). The number of carboxylic acids is 1. The Kier molecular flexibility index (Phi) is 4.50. The van der Waals surface area contributed by atoms with Crippen LogP contribution in [0.2, 0.25) is 0 Å². The average Bonchev–Trinajstić information content (AvgIpc) is 3.14. The van der Waals surface area contributed by atoms with Gasteiger partial charge in [0.1, 0.15) is 17.4 Å². The van der Waals surface area contributed by atoms with Gasteiger partial charge in [0.25, 0.3) is 5.56 Å². The van der Waals surface area contributed by atoms with Gasteiger partial charge < -0.3 is 9.52 Å². The van der Waals surface area contributed by atoms with Crippen LogP contribution in [0, 0.1) is 18.3 Å². The molecule has 0 saturated carbocycles. The Morgan fingerprint density at radius 2 is 2.04 bits per heavy atom. The molecular weight excluding hydrogens is 334 g/mol. The smallest absolute Gasteiger partial charge is 0.357 e. The zero-order valence-electron chi connectivity index (χ0n) is 13.7. The summed E-state index contributed by atoms with van der Waals surface area (Å²) in [4.78, 5) is 24.4. The molecule has 0 aliphatic carbocycles. The third kappa shape index (κ3) is 3.03. The van der Waals surface area contributed by atoms with Gasteiger partial charge >= 0.3 is 5.97 Å². The second-order valence-electron chi connectivity index (χ2n) is 5.41. The summed E-state index contributed by atoms with van der Waals surface area (Å²) in [6.45, 7) is 1.76. The van der Waals surface area contributed by atoms with E-state index in [-0.39, 0.29) is 11.1 Å². The normalized spacial score (nSPS) is 10.8. The molecule has 0 radical (unpaired) electrons. The van der Waals surface area contributed by atoms with Gasteiger partial charge in [-0.05, 0) is 42.8 Å². The van der Waals surface area contributed by atoms with E-state index in [1.807, 2.05) is 0 Å². The van der Waals surface area contributed by atoms with Crippen LogP contribution >= 0.6 is 0 Å². The predicted molar refractivity (Wildman–Crippen MR) is 93.9 cm³/mol. The van der Waals surface area contributed by atoms with E-state index < -0.39 is 17.2 Å². The summed E-state index contributed by atoms with van der Waals surface area (Å²) in [6, 6.07) is 12.0. The highest BCUT2D eigenvalue weighted by Crippen LogP contribution is 2.17. The van der Waals surface area contributed by atoms with E-state index in [0.29, 0.717) is 11.4 Å². The van der Waals surface area contributed by atoms with Crippen LogP contribution in [0.25, 0.3) is 17.8 Å². The minimum atomic E-state index is -1.34. The van der Waals surface area contributed by atoms with Crippen LogP contribution in [-0.4, -0.2) is 20.9 Å². The monoisotopic (exact) mass is 347 g/mol. The van der Waals surface area contributed by atoms with E-state index in [4.69, 9.17) is 4.42 Å². The summed E-state index contributed by atoms with van der Waals surface area (Å²) in [7, 11) is 0. The van der Waals surface area contributed by atoms with Crippen molar-refractivity contribution in [3.05, 3.63) is 81.2 Å². The van der Waals surface area contributed by atoms with Gasteiger partial charge in [0.05, 0.1) is 12.0 Å². The van der Waals surface area contributed by atoms with Crippen LogP contribution in [0.15, 0.2) is 51.9 Å². The van der Waals surface area contributed by atoms with Crippen molar-refractivity contribution in [1.29, 1.82) is 5.26 Å². The molecule has 0 amide bonds. The largest absolute Gasteiger partial charge is 0.476 e. The van der Waals surface area contributed by atoms with Gasteiger partial charge in [-0.25, -0.2) is 4.79 Å². The van der Waals surface area contributed by atoms with Crippen molar-refractivity contribution in [2.45, 2.75) is 6.92 Å². The molecule has 128 valence electrons. The molecule has 0 bridgehead atoms. The lowest BCUT2D eigenvalue weighted by atomic mass is 10.1. The maximum absolute atomic E-state index is 12.7. The fourth-order valence-corrected chi connectivity index (χ4v) is 2.48. The minimum Gasteiger partial charge on any atom is -0.476 e. The maximum Gasteiger partial charge on any atom is 0.357 e. The lowest BCUT2D eigenvalue weighted by molar-refractivity contribution is 0.0688. The van der Waals surface area contributed by atoms with Crippen molar-refractivity contribution in [3.8, 4) is 11.8 Å². The molecule has 0 saturated heterocycles. The van der Waals surface area contributed by atoms with Gasteiger partial charge in [-0.3, -0.25) is 4.79 Å². The molecule has 1 N–H and O–H groups in total. The molecule has 7 heteroatoms. The summed E-state index contributed by atoms with van der Waals surface area (Å²) in [5.41, 5.74) is -0.313.